The Balaban J connectivity index is 1.34. The molecular formula is C30H22F3N3O5S2. The molecule has 1 saturated heterocycles. The highest BCUT2D eigenvalue weighted by atomic mass is 32.2. The maximum Gasteiger partial charge on any atom is 0.416 e. The number of rotatable bonds is 6. The molecule has 8 nitrogen and oxygen atoms in total. The number of para-hydroxylation sites is 1. The summed E-state index contributed by atoms with van der Waals surface area (Å²) in [4.78, 5) is 56.3. The minimum Gasteiger partial charge on any atom is -0.483 e. The van der Waals surface area contributed by atoms with Crippen LogP contribution in [-0.2, 0) is 20.6 Å². The minimum absolute atomic E-state index is 0.187. The molecule has 0 unspecified atom stereocenters. The van der Waals surface area contributed by atoms with E-state index in [4.69, 9.17) is 4.74 Å². The molecule has 3 atom stereocenters. The largest absolute Gasteiger partial charge is 0.483 e. The fraction of sp³-hybridized carbons (Fsp3) is 0.200. The van der Waals surface area contributed by atoms with Gasteiger partial charge < -0.3 is 15.0 Å². The summed E-state index contributed by atoms with van der Waals surface area (Å²) in [5.74, 6) is -3.41. The van der Waals surface area contributed by atoms with Crippen LogP contribution in [0.3, 0.4) is 0 Å². The number of aromatic amines is 1. The molecule has 4 aromatic rings. The van der Waals surface area contributed by atoms with Gasteiger partial charge in [-0.3, -0.25) is 19.2 Å². The minimum atomic E-state index is -4.67. The standard InChI is InChI=1S/C30H22F3N3O5S2/c1-15-6-4-8-17(12-15)34-21(37)14-41-20-11-3-2-10-19(20)22-23-25(42-26-24(22)43-29(40)35-26)28(39)36(27(23)38)18-9-5-7-16(13-18)30(31,32)33/h2-13,22-23,25H,14H2,1H3,(H,34,37)(H,35,40)/t22-,23-,25+/m0/s1. The Kier molecular flexibility index (Phi) is 7.38. The number of hydrogen-bond donors (Lipinski definition) is 2. The molecule has 2 aliphatic heterocycles. The number of halogens is 3. The number of aryl methyl sites for hydroxylation is 1. The van der Waals surface area contributed by atoms with Crippen LogP contribution in [0, 0.1) is 12.8 Å². The summed E-state index contributed by atoms with van der Waals surface area (Å²) in [5.41, 5.74) is 0.846. The van der Waals surface area contributed by atoms with Gasteiger partial charge in [0.05, 0.1) is 22.2 Å². The first-order valence-corrected chi connectivity index (χ1v) is 14.7. The van der Waals surface area contributed by atoms with Crippen LogP contribution in [-0.4, -0.2) is 34.6 Å². The van der Waals surface area contributed by atoms with E-state index in [-0.39, 0.29) is 22.9 Å². The second kappa shape index (κ2) is 11.0. The Bertz CT molecular complexity index is 1820. The molecule has 2 N–H and O–H groups in total. The molecule has 0 spiro atoms. The van der Waals surface area contributed by atoms with E-state index in [1.807, 2.05) is 13.0 Å². The van der Waals surface area contributed by atoms with Crippen molar-refractivity contribution >= 4 is 52.2 Å². The van der Waals surface area contributed by atoms with Crippen LogP contribution in [0.1, 0.15) is 27.5 Å². The van der Waals surface area contributed by atoms with Gasteiger partial charge in [0, 0.05) is 22.0 Å². The SMILES string of the molecule is Cc1cccc(NC(=O)COc2ccccc2[C@@H]2c3sc(=O)[nH]c3S[C@H]3C(=O)N(c4cccc(C(F)(F)F)c4)C(=O)[C@@H]23)c1. The van der Waals surface area contributed by atoms with E-state index in [1.165, 1.54) is 6.07 Å². The Hall–Kier alpha value is -4.36. The highest BCUT2D eigenvalue weighted by Crippen LogP contribution is 2.54. The average Bonchev–Trinajstić information content (AvgIpc) is 3.45. The zero-order valence-corrected chi connectivity index (χ0v) is 23.9. The number of thiazole rings is 1. The van der Waals surface area contributed by atoms with Gasteiger partial charge in [-0.25, -0.2) is 4.90 Å². The van der Waals surface area contributed by atoms with Crippen molar-refractivity contribution in [1.29, 1.82) is 0 Å². The fourth-order valence-corrected chi connectivity index (χ4v) is 7.87. The second-order valence-electron chi connectivity index (χ2n) is 10.1. The Morgan fingerprint density at radius 1 is 1.00 bits per heavy atom. The molecule has 2 aliphatic rings. The number of anilines is 2. The number of alkyl halides is 3. The summed E-state index contributed by atoms with van der Waals surface area (Å²) in [6.07, 6.45) is -4.67. The molecule has 43 heavy (non-hydrogen) atoms. The molecule has 1 aromatic heterocycles. The van der Waals surface area contributed by atoms with Gasteiger partial charge >= 0.3 is 11.0 Å². The van der Waals surface area contributed by atoms with Crippen LogP contribution in [0.4, 0.5) is 24.5 Å². The van der Waals surface area contributed by atoms with Crippen molar-refractivity contribution in [3.63, 3.8) is 0 Å². The predicted molar refractivity (Wildman–Crippen MR) is 156 cm³/mol. The van der Waals surface area contributed by atoms with Crippen LogP contribution >= 0.6 is 23.1 Å². The van der Waals surface area contributed by atoms with E-state index in [0.717, 1.165) is 51.8 Å². The topological polar surface area (TPSA) is 109 Å². The van der Waals surface area contributed by atoms with E-state index >= 15 is 0 Å². The number of fused-ring (bicyclic) bond motifs is 2. The van der Waals surface area contributed by atoms with Crippen molar-refractivity contribution < 1.29 is 32.3 Å². The Morgan fingerprint density at radius 3 is 2.53 bits per heavy atom. The van der Waals surface area contributed by atoms with Gasteiger partial charge in [0.15, 0.2) is 6.61 Å². The van der Waals surface area contributed by atoms with Gasteiger partial charge in [-0.05, 0) is 48.9 Å². The first-order chi connectivity index (χ1) is 20.5. The zero-order chi connectivity index (χ0) is 30.5. The number of H-pyrrole nitrogens is 1. The highest BCUT2D eigenvalue weighted by Gasteiger charge is 2.57. The van der Waals surface area contributed by atoms with Gasteiger partial charge in [0.2, 0.25) is 11.8 Å². The molecule has 0 saturated carbocycles. The Labute approximate surface area is 250 Å². The van der Waals surface area contributed by atoms with E-state index in [0.29, 0.717) is 21.2 Å². The number of ether oxygens (including phenoxy) is 1. The van der Waals surface area contributed by atoms with Crippen molar-refractivity contribution in [2.45, 2.75) is 29.3 Å². The maximum absolute atomic E-state index is 13.9. The molecule has 0 bridgehead atoms. The number of nitrogens with zero attached hydrogens (tertiary/aromatic N) is 1. The number of carbonyl (C=O) groups excluding carboxylic acids is 3. The summed E-state index contributed by atoms with van der Waals surface area (Å²) in [6.45, 7) is 1.53. The number of amides is 3. The first kappa shape index (κ1) is 28.7. The highest BCUT2D eigenvalue weighted by molar-refractivity contribution is 8.00. The lowest BCUT2D eigenvalue weighted by Crippen LogP contribution is -2.32. The number of hydrogen-bond acceptors (Lipinski definition) is 7. The van der Waals surface area contributed by atoms with Crippen molar-refractivity contribution in [3.8, 4) is 5.75 Å². The third-order valence-electron chi connectivity index (χ3n) is 7.17. The smallest absolute Gasteiger partial charge is 0.416 e. The molecular weight excluding hydrogens is 603 g/mol. The number of carbonyl (C=O) groups is 3. The van der Waals surface area contributed by atoms with Crippen LogP contribution in [0.15, 0.2) is 82.6 Å². The van der Waals surface area contributed by atoms with E-state index in [9.17, 15) is 32.3 Å². The van der Waals surface area contributed by atoms with Gasteiger partial charge in [-0.1, -0.05) is 59.5 Å². The third-order valence-corrected chi connectivity index (χ3v) is 9.57. The number of thioether (sulfide) groups is 1. The number of imide groups is 1. The summed E-state index contributed by atoms with van der Waals surface area (Å²) in [5, 5.41) is 2.15. The molecule has 0 aliphatic carbocycles. The van der Waals surface area contributed by atoms with Crippen molar-refractivity contribution in [3.05, 3.63) is 104 Å². The van der Waals surface area contributed by atoms with Crippen molar-refractivity contribution in [1.82, 2.24) is 4.98 Å². The lowest BCUT2D eigenvalue weighted by molar-refractivity contribution is -0.137. The van der Waals surface area contributed by atoms with Gasteiger partial charge in [0.1, 0.15) is 11.0 Å². The average molecular weight is 626 g/mol. The number of benzene rings is 3. The third kappa shape index (κ3) is 5.45. The first-order valence-electron chi connectivity index (χ1n) is 13.0. The number of nitrogens with one attached hydrogen (secondary N) is 2. The summed E-state index contributed by atoms with van der Waals surface area (Å²) < 4.78 is 46.3. The Morgan fingerprint density at radius 2 is 1.77 bits per heavy atom. The molecule has 6 rings (SSSR count). The maximum atomic E-state index is 13.9. The van der Waals surface area contributed by atoms with Crippen molar-refractivity contribution in [2.24, 2.45) is 5.92 Å². The fourth-order valence-electron chi connectivity index (χ4n) is 5.36. The molecule has 13 heteroatoms. The molecule has 0 radical (unpaired) electrons. The lowest BCUT2D eigenvalue weighted by atomic mass is 9.82. The monoisotopic (exact) mass is 625 g/mol. The van der Waals surface area contributed by atoms with Gasteiger partial charge in [-0.2, -0.15) is 13.2 Å². The molecule has 1 fully saturated rings. The van der Waals surface area contributed by atoms with E-state index in [1.54, 1.807) is 42.5 Å². The van der Waals surface area contributed by atoms with Gasteiger partial charge in [-0.15, -0.1) is 0 Å². The van der Waals surface area contributed by atoms with Crippen LogP contribution in [0.5, 0.6) is 5.75 Å². The second-order valence-corrected chi connectivity index (χ2v) is 12.2. The number of aromatic nitrogens is 1. The summed E-state index contributed by atoms with van der Waals surface area (Å²) in [6, 6.07) is 18.0. The zero-order valence-electron chi connectivity index (χ0n) is 22.3. The quantitative estimate of drug-likeness (QED) is 0.271. The molecule has 3 aromatic carbocycles. The molecule has 220 valence electrons. The van der Waals surface area contributed by atoms with Crippen LogP contribution in [0.2, 0.25) is 0 Å². The van der Waals surface area contributed by atoms with Crippen molar-refractivity contribution in [2.75, 3.05) is 16.8 Å². The molecule has 3 amide bonds. The summed E-state index contributed by atoms with van der Waals surface area (Å²) >= 11 is 1.90. The van der Waals surface area contributed by atoms with Crippen LogP contribution in [0.25, 0.3) is 0 Å². The lowest BCUT2D eigenvalue weighted by Gasteiger charge is -2.30. The normalized spacial score (nSPS) is 19.6. The van der Waals surface area contributed by atoms with E-state index < -0.39 is 46.5 Å². The predicted octanol–water partition coefficient (Wildman–Crippen LogP) is 5.58. The summed E-state index contributed by atoms with van der Waals surface area (Å²) in [7, 11) is 0. The van der Waals surface area contributed by atoms with Gasteiger partial charge in [0.25, 0.3) is 5.91 Å². The van der Waals surface area contributed by atoms with Crippen LogP contribution < -0.4 is 19.8 Å². The molecule has 3 heterocycles. The van der Waals surface area contributed by atoms with E-state index in [2.05, 4.69) is 10.3 Å².